The van der Waals surface area contributed by atoms with Gasteiger partial charge in [0.1, 0.15) is 8.37 Å². The van der Waals surface area contributed by atoms with Gasteiger partial charge in [-0.3, -0.25) is 48.5 Å². The molecule has 0 aliphatic carbocycles. The minimum Gasteiger partial charge on any atom is -0.360 e. The summed E-state index contributed by atoms with van der Waals surface area (Å²) in [6.07, 6.45) is 10.4. The minimum absolute atomic E-state index is 0.252. The summed E-state index contributed by atoms with van der Waals surface area (Å²) in [6, 6.07) is 0.742. The predicted molar refractivity (Wildman–Crippen MR) is 239 cm³/mol. The molecule has 6 bridgehead atoms. The van der Waals surface area contributed by atoms with Gasteiger partial charge in [0.15, 0.2) is 0 Å². The van der Waals surface area contributed by atoms with Crippen LogP contribution in [0.1, 0.15) is 99.8 Å². The molecule has 1 unspecified atom stereocenters. The standard InChI is InChI=1S/C12H30N3P.C10H18N2.C7H15N2.C7H12N2.C6H12N4/c1-7-13(8-2)16(14(9-3)10-4)15(11-5)12-6;1-9-5-2-3-6-10-11-7-4-8-12(9)10;1-9-5-2-8(3-6-9)4-7-9;1-3-7-8-4-2-6-9(7)5-1;1-7-2-9-4-8(1)5-10(3-7)6-9/h7-12H2,1-6H3;9H,2-8H2,1H3;2-7H2,1H3;1-6H2;1-6H2/q;;+1;;. The van der Waals surface area contributed by atoms with Crippen molar-refractivity contribution in [1.29, 1.82) is 0 Å². The lowest BCUT2D eigenvalue weighted by molar-refractivity contribution is -0.922. The molecule has 0 spiro atoms. The van der Waals surface area contributed by atoms with E-state index < -0.39 is 0 Å². The topological polar surface area (TPSA) is 57.1 Å². The minimum atomic E-state index is -0.252. The fourth-order valence-electron chi connectivity index (χ4n) is 9.87. The number of aliphatic imine (C=N–C) groups is 2. The van der Waals surface area contributed by atoms with Crippen molar-refractivity contribution in [3.8, 4) is 0 Å². The second-order valence-electron chi connectivity index (χ2n) is 17.5. The lowest BCUT2D eigenvalue weighted by Gasteiger charge is -2.56. The van der Waals surface area contributed by atoms with E-state index in [0.717, 1.165) is 58.4 Å². The highest BCUT2D eigenvalue weighted by atomic mass is 31.2. The molecule has 0 amide bonds. The van der Waals surface area contributed by atoms with Crippen molar-refractivity contribution >= 4 is 20.0 Å². The van der Waals surface area contributed by atoms with Crippen molar-refractivity contribution in [2.75, 3.05) is 158 Å². The molecule has 0 aromatic carbocycles. The summed E-state index contributed by atoms with van der Waals surface area (Å²) in [7, 11) is 2.13. The molecule has 324 valence electrons. The Bertz CT molecular complexity index is 1070. The van der Waals surface area contributed by atoms with E-state index in [4.69, 9.17) is 0 Å². The lowest BCUT2D eigenvalue weighted by Crippen LogP contribution is -2.71. The maximum Gasteiger partial charge on any atom is 0.120 e. The zero-order valence-electron chi connectivity index (χ0n) is 37.8. The highest BCUT2D eigenvalue weighted by Gasteiger charge is 2.36. The molecule has 0 N–H and O–H groups in total. The molecule has 0 radical (unpaired) electrons. The van der Waals surface area contributed by atoms with Crippen LogP contribution in [0.3, 0.4) is 0 Å². The average Bonchev–Trinajstić information content (AvgIpc) is 3.63. The molecule has 0 saturated carbocycles. The Morgan fingerprint density at radius 3 is 1.39 bits per heavy atom. The van der Waals surface area contributed by atoms with Gasteiger partial charge in [0, 0.05) is 111 Å². The molecule has 0 aromatic rings. The van der Waals surface area contributed by atoms with Gasteiger partial charge in [-0.25, -0.2) is 0 Å². The van der Waals surface area contributed by atoms with E-state index >= 15 is 0 Å². The summed E-state index contributed by atoms with van der Waals surface area (Å²) in [6.45, 7) is 44.1. The summed E-state index contributed by atoms with van der Waals surface area (Å²) < 4.78 is 9.16. The predicted octanol–water partition coefficient (Wildman–Crippen LogP) is 4.92. The summed E-state index contributed by atoms with van der Waals surface area (Å²) in [5.41, 5.74) is 0. The first-order valence-electron chi connectivity index (χ1n) is 23.3. The number of hydrogen-bond donors (Lipinski definition) is 0. The molecular formula is C42H87N13P+. The van der Waals surface area contributed by atoms with Crippen molar-refractivity contribution in [1.82, 2.24) is 48.3 Å². The van der Waals surface area contributed by atoms with Gasteiger partial charge < -0.3 is 14.3 Å². The molecule has 1 atom stereocenters. The maximum absolute atomic E-state index is 4.60. The Kier molecular flexibility index (Phi) is 19.5. The number of rotatable bonds is 9. The highest BCUT2D eigenvalue weighted by molar-refractivity contribution is 7.50. The van der Waals surface area contributed by atoms with Gasteiger partial charge in [-0.15, -0.1) is 0 Å². The number of piperazine rings is 3. The number of hydrogen-bond acceptors (Lipinski definition) is 12. The quantitative estimate of drug-likeness (QED) is 0.238. The van der Waals surface area contributed by atoms with Crippen LogP contribution < -0.4 is 0 Å². The molecule has 11 rings (SSSR count). The van der Waals surface area contributed by atoms with Crippen molar-refractivity contribution in [2.24, 2.45) is 9.98 Å². The van der Waals surface area contributed by atoms with Gasteiger partial charge in [0.2, 0.25) is 0 Å². The Balaban J connectivity index is 0.000000136. The van der Waals surface area contributed by atoms with Crippen LogP contribution in [0.4, 0.5) is 0 Å². The smallest absolute Gasteiger partial charge is 0.120 e. The third kappa shape index (κ3) is 13.3. The fraction of sp³-hybridized carbons (Fsp3) is 0.952. The molecule has 11 aliphatic heterocycles. The number of nitrogens with zero attached hydrogens (tertiary/aromatic N) is 13. The van der Waals surface area contributed by atoms with Gasteiger partial charge >= 0.3 is 0 Å². The van der Waals surface area contributed by atoms with Crippen LogP contribution in [-0.4, -0.2) is 229 Å². The van der Waals surface area contributed by atoms with Crippen molar-refractivity contribution in [2.45, 2.75) is 106 Å². The Morgan fingerprint density at radius 2 is 0.964 bits per heavy atom. The molecule has 14 heteroatoms. The van der Waals surface area contributed by atoms with E-state index in [1.807, 2.05) is 0 Å². The SMILES string of the molecule is C1CN=C2CCCN2C1.C1N2CN3CN1CN(C2)C3.CC1CCCCC2=NCCCN21.CCN(CC)P(N(CC)CC)N(CC)CC.C[N+]12CCN(CC1)CC2. The van der Waals surface area contributed by atoms with Crippen LogP contribution in [-0.2, 0) is 0 Å². The molecule has 56 heavy (non-hydrogen) atoms. The van der Waals surface area contributed by atoms with Crippen LogP contribution in [0.15, 0.2) is 9.98 Å². The van der Waals surface area contributed by atoms with Crippen LogP contribution in [0, 0.1) is 0 Å². The summed E-state index contributed by atoms with van der Waals surface area (Å²) in [5.74, 6) is 2.77. The molecular weight excluding hydrogens is 718 g/mol. The molecule has 13 nitrogen and oxygen atoms in total. The monoisotopic (exact) mass is 805 g/mol. The molecule has 11 aliphatic rings. The van der Waals surface area contributed by atoms with E-state index in [2.05, 4.69) is 114 Å². The zero-order chi connectivity index (χ0) is 39.9. The Morgan fingerprint density at radius 1 is 0.536 bits per heavy atom. The van der Waals surface area contributed by atoms with Crippen molar-refractivity contribution < 1.29 is 4.48 Å². The van der Waals surface area contributed by atoms with Crippen LogP contribution in [0.5, 0.6) is 0 Å². The van der Waals surface area contributed by atoms with Gasteiger partial charge in [-0.1, -0.05) is 48.0 Å². The first kappa shape index (κ1) is 46.1. The molecule has 0 aromatic heterocycles. The zero-order valence-corrected chi connectivity index (χ0v) is 38.7. The van der Waals surface area contributed by atoms with E-state index in [1.165, 1.54) is 166 Å². The fourth-order valence-corrected chi connectivity index (χ4v) is 12.5. The summed E-state index contributed by atoms with van der Waals surface area (Å²) in [5, 5.41) is 0. The normalized spacial score (nSPS) is 32.5. The third-order valence-electron chi connectivity index (χ3n) is 13.3. The number of likely N-dealkylation sites (N-methyl/N-ethyl adjacent to an activating group) is 1. The molecule has 11 heterocycles. The average molecular weight is 805 g/mol. The number of fused-ring (bicyclic) bond motifs is 5. The van der Waals surface area contributed by atoms with Gasteiger partial charge in [0.05, 0.1) is 78.4 Å². The summed E-state index contributed by atoms with van der Waals surface area (Å²) in [4.78, 5) is 26.4. The highest BCUT2D eigenvalue weighted by Crippen LogP contribution is 2.47. The van der Waals surface area contributed by atoms with E-state index in [9.17, 15) is 0 Å². The second-order valence-corrected chi connectivity index (χ2v) is 19.8. The van der Waals surface area contributed by atoms with E-state index in [0.29, 0.717) is 0 Å². The second kappa shape index (κ2) is 23.7. The first-order chi connectivity index (χ1) is 27.2. The lowest BCUT2D eigenvalue weighted by atomic mass is 10.1. The van der Waals surface area contributed by atoms with Gasteiger partial charge in [-0.05, 0) is 39.0 Å². The Hall–Kier alpha value is -0.990. The number of quaternary nitrogens is 1. The number of amidine groups is 2. The van der Waals surface area contributed by atoms with E-state index in [1.54, 1.807) is 0 Å². The van der Waals surface area contributed by atoms with Gasteiger partial charge in [0.25, 0.3) is 0 Å². The van der Waals surface area contributed by atoms with Crippen LogP contribution in [0.2, 0.25) is 0 Å². The van der Waals surface area contributed by atoms with Crippen molar-refractivity contribution in [3.63, 3.8) is 0 Å². The third-order valence-corrected chi connectivity index (χ3v) is 16.5. The first-order valence-corrected chi connectivity index (χ1v) is 24.5. The van der Waals surface area contributed by atoms with Crippen LogP contribution in [0.25, 0.3) is 0 Å². The van der Waals surface area contributed by atoms with Crippen molar-refractivity contribution in [3.05, 3.63) is 0 Å². The largest absolute Gasteiger partial charge is 0.360 e. The molecule has 9 fully saturated rings. The van der Waals surface area contributed by atoms with E-state index in [-0.39, 0.29) is 8.37 Å². The maximum atomic E-state index is 4.60. The molecule has 9 saturated heterocycles. The van der Waals surface area contributed by atoms with Gasteiger partial charge in [-0.2, -0.15) is 0 Å². The Labute approximate surface area is 346 Å². The summed E-state index contributed by atoms with van der Waals surface area (Å²) >= 11 is 0. The van der Waals surface area contributed by atoms with Crippen LogP contribution >= 0.6 is 8.37 Å².